The van der Waals surface area contributed by atoms with Crippen molar-refractivity contribution in [3.05, 3.63) is 42.0 Å². The van der Waals surface area contributed by atoms with E-state index in [9.17, 15) is 0 Å². The Hall–Kier alpha value is -1.96. The second-order valence-electron chi connectivity index (χ2n) is 4.80. The molecule has 0 spiro atoms. The first kappa shape index (κ1) is 11.1. The fourth-order valence-corrected chi connectivity index (χ4v) is 2.30. The van der Waals surface area contributed by atoms with Crippen LogP contribution in [0.2, 0.25) is 0 Å². The lowest BCUT2D eigenvalue weighted by Crippen LogP contribution is -2.15. The molecule has 0 radical (unpaired) electrons. The number of furan rings is 1. The zero-order valence-corrected chi connectivity index (χ0v) is 11.0. The van der Waals surface area contributed by atoms with Gasteiger partial charge in [-0.05, 0) is 44.2 Å². The van der Waals surface area contributed by atoms with Gasteiger partial charge in [0.2, 0.25) is 0 Å². The fourth-order valence-electron chi connectivity index (χ4n) is 2.30. The van der Waals surface area contributed by atoms with E-state index in [1.165, 1.54) is 22.0 Å². The molecule has 18 heavy (non-hydrogen) atoms. The summed E-state index contributed by atoms with van der Waals surface area (Å²) in [5.74, 6) is 0. The Labute approximate surface area is 107 Å². The summed E-state index contributed by atoms with van der Waals surface area (Å²) in [6.07, 6.45) is 0. The Morgan fingerprint density at radius 2 is 1.67 bits per heavy atom. The summed E-state index contributed by atoms with van der Waals surface area (Å²) in [6, 6.07) is 12.7. The van der Waals surface area contributed by atoms with Crippen LogP contribution < -0.4 is 4.90 Å². The van der Waals surface area contributed by atoms with Crippen molar-refractivity contribution in [1.29, 1.82) is 0 Å². The first-order chi connectivity index (χ1) is 8.69. The minimum Gasteiger partial charge on any atom is -0.456 e. The van der Waals surface area contributed by atoms with Crippen molar-refractivity contribution in [2.75, 3.05) is 18.5 Å². The third kappa shape index (κ3) is 1.65. The van der Waals surface area contributed by atoms with Crippen LogP contribution in [0.25, 0.3) is 21.9 Å². The van der Waals surface area contributed by atoms with E-state index < -0.39 is 0 Å². The molecule has 1 aromatic heterocycles. The molecule has 92 valence electrons. The average Bonchev–Trinajstić information content (AvgIpc) is 2.75. The number of anilines is 1. The van der Waals surface area contributed by atoms with E-state index in [2.05, 4.69) is 56.1 Å². The van der Waals surface area contributed by atoms with Gasteiger partial charge in [-0.1, -0.05) is 11.6 Å². The molecule has 3 rings (SSSR count). The number of hydrogen-bond acceptors (Lipinski definition) is 2. The van der Waals surface area contributed by atoms with Gasteiger partial charge in [0, 0.05) is 30.1 Å². The number of fused-ring (bicyclic) bond motifs is 3. The van der Waals surface area contributed by atoms with Crippen molar-refractivity contribution in [3.8, 4) is 0 Å². The Morgan fingerprint density at radius 1 is 1.00 bits per heavy atom. The monoisotopic (exact) mass is 239 g/mol. The predicted molar refractivity (Wildman–Crippen MR) is 77.4 cm³/mol. The van der Waals surface area contributed by atoms with Crippen molar-refractivity contribution in [1.82, 2.24) is 0 Å². The Balaban J connectivity index is 2.30. The van der Waals surface area contributed by atoms with Gasteiger partial charge in [0.05, 0.1) is 0 Å². The van der Waals surface area contributed by atoms with Gasteiger partial charge < -0.3 is 9.32 Å². The van der Waals surface area contributed by atoms with Gasteiger partial charge in [-0.25, -0.2) is 0 Å². The lowest BCUT2D eigenvalue weighted by Gasteiger charge is -2.16. The fraction of sp³-hybridized carbons (Fsp3) is 0.250. The standard InChI is InChI=1S/C16H17NO/c1-4-17(3)12-6-8-16-14(10-12)13-9-11(2)5-7-15(13)18-16/h5-10H,4H2,1-3H3. The highest BCUT2D eigenvalue weighted by molar-refractivity contribution is 6.06. The molecule has 0 atom stereocenters. The van der Waals surface area contributed by atoms with E-state index in [4.69, 9.17) is 4.42 Å². The summed E-state index contributed by atoms with van der Waals surface area (Å²) in [5, 5.41) is 2.41. The second kappa shape index (κ2) is 4.05. The summed E-state index contributed by atoms with van der Waals surface area (Å²) < 4.78 is 5.86. The van der Waals surface area contributed by atoms with Gasteiger partial charge in [0.15, 0.2) is 0 Å². The maximum absolute atomic E-state index is 5.86. The maximum Gasteiger partial charge on any atom is 0.135 e. The smallest absolute Gasteiger partial charge is 0.135 e. The molecule has 0 fully saturated rings. The van der Waals surface area contributed by atoms with Crippen LogP contribution in [0.5, 0.6) is 0 Å². The van der Waals surface area contributed by atoms with E-state index in [-0.39, 0.29) is 0 Å². The lowest BCUT2D eigenvalue weighted by atomic mass is 10.1. The molecule has 2 nitrogen and oxygen atoms in total. The molecule has 2 heteroatoms. The number of nitrogens with zero attached hydrogens (tertiary/aromatic N) is 1. The van der Waals surface area contributed by atoms with Crippen molar-refractivity contribution in [3.63, 3.8) is 0 Å². The van der Waals surface area contributed by atoms with Gasteiger partial charge in [-0.15, -0.1) is 0 Å². The van der Waals surface area contributed by atoms with Crippen LogP contribution in [0, 0.1) is 6.92 Å². The van der Waals surface area contributed by atoms with Gasteiger partial charge >= 0.3 is 0 Å². The summed E-state index contributed by atoms with van der Waals surface area (Å²) in [5.41, 5.74) is 4.42. The van der Waals surface area contributed by atoms with Crippen LogP contribution in [0.3, 0.4) is 0 Å². The van der Waals surface area contributed by atoms with Gasteiger partial charge in [-0.2, -0.15) is 0 Å². The van der Waals surface area contributed by atoms with Gasteiger partial charge in [-0.3, -0.25) is 0 Å². The molecular weight excluding hydrogens is 222 g/mol. The van der Waals surface area contributed by atoms with E-state index in [1.807, 2.05) is 6.07 Å². The topological polar surface area (TPSA) is 16.4 Å². The zero-order chi connectivity index (χ0) is 12.7. The van der Waals surface area contributed by atoms with Crippen LogP contribution in [0.15, 0.2) is 40.8 Å². The zero-order valence-electron chi connectivity index (χ0n) is 11.0. The van der Waals surface area contributed by atoms with Crippen LogP contribution >= 0.6 is 0 Å². The molecule has 1 heterocycles. The average molecular weight is 239 g/mol. The molecule has 0 unspecified atom stereocenters. The van der Waals surface area contributed by atoms with Gasteiger partial charge in [0.1, 0.15) is 11.2 Å². The van der Waals surface area contributed by atoms with Gasteiger partial charge in [0.25, 0.3) is 0 Å². The molecule has 0 aliphatic carbocycles. The highest BCUT2D eigenvalue weighted by Gasteiger charge is 2.08. The summed E-state index contributed by atoms with van der Waals surface area (Å²) in [4.78, 5) is 2.23. The first-order valence-corrected chi connectivity index (χ1v) is 6.33. The molecule has 0 bridgehead atoms. The Morgan fingerprint density at radius 3 is 2.39 bits per heavy atom. The molecule has 0 saturated carbocycles. The lowest BCUT2D eigenvalue weighted by molar-refractivity contribution is 0.669. The third-order valence-electron chi connectivity index (χ3n) is 3.52. The van der Waals surface area contributed by atoms with Crippen molar-refractivity contribution in [2.24, 2.45) is 0 Å². The highest BCUT2D eigenvalue weighted by Crippen LogP contribution is 2.32. The van der Waals surface area contributed by atoms with E-state index in [0.29, 0.717) is 0 Å². The van der Waals surface area contributed by atoms with E-state index >= 15 is 0 Å². The second-order valence-corrected chi connectivity index (χ2v) is 4.80. The minimum absolute atomic E-state index is 0.962. The van der Waals surface area contributed by atoms with Crippen LogP contribution in [-0.2, 0) is 0 Å². The Kier molecular flexibility index (Phi) is 2.51. The van der Waals surface area contributed by atoms with E-state index in [1.54, 1.807) is 0 Å². The third-order valence-corrected chi connectivity index (χ3v) is 3.52. The summed E-state index contributed by atoms with van der Waals surface area (Å²) in [7, 11) is 2.11. The molecule has 0 aliphatic heterocycles. The summed E-state index contributed by atoms with van der Waals surface area (Å²) >= 11 is 0. The molecule has 0 aliphatic rings. The maximum atomic E-state index is 5.86. The first-order valence-electron chi connectivity index (χ1n) is 6.33. The van der Waals surface area contributed by atoms with Crippen molar-refractivity contribution < 1.29 is 4.42 Å². The predicted octanol–water partition coefficient (Wildman–Crippen LogP) is 4.35. The van der Waals surface area contributed by atoms with Crippen molar-refractivity contribution in [2.45, 2.75) is 13.8 Å². The van der Waals surface area contributed by atoms with Crippen LogP contribution in [0.1, 0.15) is 12.5 Å². The SMILES string of the molecule is CCN(C)c1ccc2oc3ccc(C)cc3c2c1. The molecule has 0 N–H and O–H groups in total. The molecule has 0 amide bonds. The number of aryl methyl sites for hydroxylation is 1. The van der Waals surface area contributed by atoms with Crippen molar-refractivity contribution >= 4 is 27.6 Å². The number of rotatable bonds is 2. The summed E-state index contributed by atoms with van der Waals surface area (Å²) in [6.45, 7) is 5.27. The number of benzene rings is 2. The molecule has 3 aromatic rings. The molecular formula is C16H17NO. The Bertz CT molecular complexity index is 712. The minimum atomic E-state index is 0.962. The largest absolute Gasteiger partial charge is 0.456 e. The normalized spacial score (nSPS) is 11.3. The van der Waals surface area contributed by atoms with Crippen LogP contribution in [-0.4, -0.2) is 13.6 Å². The molecule has 2 aromatic carbocycles. The quantitative estimate of drug-likeness (QED) is 0.661. The highest BCUT2D eigenvalue weighted by atomic mass is 16.3. The van der Waals surface area contributed by atoms with Crippen LogP contribution in [0.4, 0.5) is 5.69 Å². The number of hydrogen-bond donors (Lipinski definition) is 0. The molecule has 0 saturated heterocycles. The van der Waals surface area contributed by atoms with E-state index in [0.717, 1.165) is 17.7 Å².